The van der Waals surface area contributed by atoms with Gasteiger partial charge in [-0.2, -0.15) is 9.40 Å². The number of carbonyl (C=O) groups excluding carboxylic acids is 1. The number of nitrogens with zero attached hydrogens (tertiary/aromatic N) is 3. The molecule has 1 N–H and O–H groups in total. The maximum Gasteiger partial charge on any atom is 0.256 e. The Morgan fingerprint density at radius 3 is 2.48 bits per heavy atom. The number of rotatable bonds is 5. The summed E-state index contributed by atoms with van der Waals surface area (Å²) in [6.07, 6.45) is 1.71. The lowest BCUT2D eigenvalue weighted by Crippen LogP contribution is -2.27. The molecule has 1 amide bonds. The molecule has 1 atom stereocenters. The average molecular weight is 505 g/mol. The molecule has 0 aliphatic carbocycles. The average Bonchev–Trinajstić information content (AvgIpc) is 3.52. The van der Waals surface area contributed by atoms with Gasteiger partial charge in [0, 0.05) is 40.0 Å². The van der Waals surface area contributed by atoms with E-state index in [9.17, 15) is 17.4 Å². The molecular weight excluding hydrogens is 484 g/mol. The van der Waals surface area contributed by atoms with E-state index in [1.54, 1.807) is 22.9 Å². The van der Waals surface area contributed by atoms with E-state index >= 15 is 0 Å². The normalized spacial score (nSPS) is 18.4. The van der Waals surface area contributed by atoms with E-state index in [0.717, 1.165) is 18.4 Å². The SMILES string of the molecule is O=C(Nc1c2c(nn1-c1cccc(Cl)c1)CS(=O)C2)c1ccc(S(=O)(=O)N2CCCC2)cc1. The molecule has 11 heteroatoms. The second-order valence-corrected chi connectivity index (χ2v) is 11.8. The van der Waals surface area contributed by atoms with Crippen molar-refractivity contribution in [1.82, 2.24) is 14.1 Å². The molecular formula is C22H21ClN4O4S2. The molecule has 1 unspecified atom stereocenters. The lowest BCUT2D eigenvalue weighted by atomic mass is 10.2. The van der Waals surface area contributed by atoms with Gasteiger partial charge in [-0.25, -0.2) is 13.1 Å². The van der Waals surface area contributed by atoms with Gasteiger partial charge in [-0.15, -0.1) is 0 Å². The number of nitrogens with one attached hydrogen (secondary N) is 1. The van der Waals surface area contributed by atoms with Crippen LogP contribution >= 0.6 is 11.6 Å². The molecule has 0 radical (unpaired) electrons. The smallest absolute Gasteiger partial charge is 0.256 e. The van der Waals surface area contributed by atoms with Crippen LogP contribution in [-0.4, -0.2) is 45.7 Å². The largest absolute Gasteiger partial charge is 0.306 e. The van der Waals surface area contributed by atoms with Crippen molar-refractivity contribution in [3.63, 3.8) is 0 Å². The lowest BCUT2D eigenvalue weighted by molar-refractivity contribution is 0.102. The summed E-state index contributed by atoms with van der Waals surface area (Å²) in [4.78, 5) is 13.2. The van der Waals surface area contributed by atoms with Crippen LogP contribution < -0.4 is 5.32 Å². The van der Waals surface area contributed by atoms with Gasteiger partial charge >= 0.3 is 0 Å². The standard InChI is InChI=1S/C22H21ClN4O4S2/c23-16-4-3-5-17(12-16)27-21(19-13-32(29)14-20(19)25-27)24-22(28)15-6-8-18(9-7-15)33(30,31)26-10-1-2-11-26/h3-9,12H,1-2,10-11,13-14H2,(H,24,28). The number of hydrogen-bond donors (Lipinski definition) is 1. The minimum atomic E-state index is -3.55. The molecule has 3 heterocycles. The fourth-order valence-electron chi connectivity index (χ4n) is 4.09. The van der Waals surface area contributed by atoms with Gasteiger partial charge in [-0.05, 0) is 55.3 Å². The van der Waals surface area contributed by atoms with Crippen LogP contribution in [-0.2, 0) is 32.3 Å². The topological polar surface area (TPSA) is 101 Å². The molecule has 2 aromatic carbocycles. The quantitative estimate of drug-likeness (QED) is 0.574. The summed E-state index contributed by atoms with van der Waals surface area (Å²) in [5.41, 5.74) is 2.39. The van der Waals surface area contributed by atoms with E-state index in [1.807, 2.05) is 6.07 Å². The molecule has 0 bridgehead atoms. The lowest BCUT2D eigenvalue weighted by Gasteiger charge is -2.15. The van der Waals surface area contributed by atoms with Crippen molar-refractivity contribution in [3.8, 4) is 5.69 Å². The third-order valence-electron chi connectivity index (χ3n) is 5.77. The second kappa shape index (κ2) is 8.68. The second-order valence-electron chi connectivity index (χ2n) is 7.98. The highest BCUT2D eigenvalue weighted by Gasteiger charge is 2.29. The van der Waals surface area contributed by atoms with Crippen LogP contribution in [0.3, 0.4) is 0 Å². The summed E-state index contributed by atoms with van der Waals surface area (Å²) in [5.74, 6) is 0.661. The number of amides is 1. The summed E-state index contributed by atoms with van der Waals surface area (Å²) in [6.45, 7) is 1.04. The maximum atomic E-state index is 13.0. The third-order valence-corrected chi connectivity index (χ3v) is 9.13. The van der Waals surface area contributed by atoms with E-state index in [4.69, 9.17) is 11.6 Å². The number of carbonyl (C=O) groups is 1. The van der Waals surface area contributed by atoms with Gasteiger partial charge in [0.1, 0.15) is 5.82 Å². The summed E-state index contributed by atoms with van der Waals surface area (Å²) in [6, 6.07) is 13.0. The summed E-state index contributed by atoms with van der Waals surface area (Å²) in [7, 11) is -4.62. The van der Waals surface area contributed by atoms with Crippen LogP contribution in [0.15, 0.2) is 53.4 Å². The molecule has 1 saturated heterocycles. The van der Waals surface area contributed by atoms with E-state index in [1.165, 1.54) is 28.6 Å². The van der Waals surface area contributed by atoms with Gasteiger partial charge in [-0.1, -0.05) is 17.7 Å². The van der Waals surface area contributed by atoms with Gasteiger partial charge in [0.15, 0.2) is 0 Å². The zero-order valence-electron chi connectivity index (χ0n) is 17.5. The first-order chi connectivity index (χ1) is 15.8. The van der Waals surface area contributed by atoms with Crippen molar-refractivity contribution in [2.75, 3.05) is 18.4 Å². The van der Waals surface area contributed by atoms with Crippen LogP contribution in [0.1, 0.15) is 34.5 Å². The Hall–Kier alpha value is -2.53. The molecule has 2 aliphatic rings. The van der Waals surface area contributed by atoms with Crippen molar-refractivity contribution in [2.45, 2.75) is 29.2 Å². The Labute approximate surface area is 199 Å². The van der Waals surface area contributed by atoms with Crippen LogP contribution in [0.5, 0.6) is 0 Å². The maximum absolute atomic E-state index is 13.0. The van der Waals surface area contributed by atoms with E-state index in [-0.39, 0.29) is 4.90 Å². The zero-order chi connectivity index (χ0) is 23.2. The predicted octanol–water partition coefficient (Wildman–Crippen LogP) is 3.32. The number of fused-ring (bicyclic) bond motifs is 1. The van der Waals surface area contributed by atoms with Crippen molar-refractivity contribution in [1.29, 1.82) is 0 Å². The molecule has 1 fully saturated rings. The van der Waals surface area contributed by atoms with Crippen LogP contribution in [0.25, 0.3) is 5.69 Å². The van der Waals surface area contributed by atoms with E-state index < -0.39 is 26.7 Å². The predicted molar refractivity (Wildman–Crippen MR) is 127 cm³/mol. The highest BCUT2D eigenvalue weighted by atomic mass is 35.5. The van der Waals surface area contributed by atoms with Gasteiger partial charge in [-0.3, -0.25) is 9.00 Å². The molecule has 5 rings (SSSR count). The van der Waals surface area contributed by atoms with Gasteiger partial charge in [0.2, 0.25) is 10.0 Å². The minimum absolute atomic E-state index is 0.168. The summed E-state index contributed by atoms with van der Waals surface area (Å²) < 4.78 is 40.6. The molecule has 172 valence electrons. The van der Waals surface area contributed by atoms with Crippen LogP contribution in [0.2, 0.25) is 5.02 Å². The molecule has 33 heavy (non-hydrogen) atoms. The van der Waals surface area contributed by atoms with Crippen molar-refractivity contribution < 1.29 is 17.4 Å². The van der Waals surface area contributed by atoms with Gasteiger partial charge < -0.3 is 5.32 Å². The van der Waals surface area contributed by atoms with Crippen LogP contribution in [0, 0.1) is 0 Å². The van der Waals surface area contributed by atoms with Crippen molar-refractivity contribution in [2.24, 2.45) is 0 Å². The first-order valence-corrected chi connectivity index (χ1v) is 13.8. The molecule has 1 aromatic heterocycles. The number of aromatic nitrogens is 2. The van der Waals surface area contributed by atoms with Crippen molar-refractivity contribution >= 4 is 44.1 Å². The Balaban J connectivity index is 1.44. The first-order valence-electron chi connectivity index (χ1n) is 10.5. The molecule has 3 aromatic rings. The Morgan fingerprint density at radius 1 is 1.06 bits per heavy atom. The van der Waals surface area contributed by atoms with E-state index in [0.29, 0.717) is 52.4 Å². The van der Waals surface area contributed by atoms with Gasteiger partial charge in [0.25, 0.3) is 5.91 Å². The number of hydrogen-bond acceptors (Lipinski definition) is 5. The molecule has 0 spiro atoms. The van der Waals surface area contributed by atoms with E-state index in [2.05, 4.69) is 10.4 Å². The monoisotopic (exact) mass is 504 g/mol. The first kappa shape index (κ1) is 22.3. The fraction of sp³-hybridized carbons (Fsp3) is 0.273. The molecule has 8 nitrogen and oxygen atoms in total. The number of sulfonamides is 1. The zero-order valence-corrected chi connectivity index (χ0v) is 19.9. The van der Waals surface area contributed by atoms with Crippen LogP contribution in [0.4, 0.5) is 5.82 Å². The van der Waals surface area contributed by atoms with Crippen molar-refractivity contribution in [3.05, 3.63) is 70.4 Å². The summed E-state index contributed by atoms with van der Waals surface area (Å²) >= 11 is 6.14. The third kappa shape index (κ3) is 4.23. The Bertz CT molecular complexity index is 1360. The van der Waals surface area contributed by atoms with Gasteiger partial charge in [0.05, 0.1) is 27.8 Å². The number of anilines is 1. The Morgan fingerprint density at radius 2 is 1.79 bits per heavy atom. The minimum Gasteiger partial charge on any atom is -0.306 e. The highest BCUT2D eigenvalue weighted by Crippen LogP contribution is 2.32. The highest BCUT2D eigenvalue weighted by molar-refractivity contribution is 7.89. The fourth-order valence-corrected chi connectivity index (χ4v) is 7.05. The molecule has 0 saturated carbocycles. The Kier molecular flexibility index (Phi) is 5.86. The number of benzene rings is 2. The summed E-state index contributed by atoms with van der Waals surface area (Å²) in [5, 5.41) is 7.96. The molecule has 2 aliphatic heterocycles. The number of halogens is 1.